The lowest BCUT2D eigenvalue weighted by atomic mass is 10.2. The van der Waals surface area contributed by atoms with Gasteiger partial charge < -0.3 is 9.47 Å². The first-order valence-electron chi connectivity index (χ1n) is 12.2. The van der Waals surface area contributed by atoms with Crippen molar-refractivity contribution in [3.05, 3.63) is 0 Å². The largest absolute Gasteiger partial charge is 0.381 e. The van der Waals surface area contributed by atoms with Gasteiger partial charge in [0.1, 0.15) is 0 Å². The summed E-state index contributed by atoms with van der Waals surface area (Å²) in [5.74, 6) is 1.72. The van der Waals surface area contributed by atoms with E-state index in [0.717, 1.165) is 50.5 Å². The van der Waals surface area contributed by atoms with Crippen molar-refractivity contribution in [3.63, 3.8) is 0 Å². The summed E-state index contributed by atoms with van der Waals surface area (Å²) in [6.45, 7) is 28.7. The van der Waals surface area contributed by atoms with Gasteiger partial charge in [-0.1, -0.05) is 82.6 Å². The summed E-state index contributed by atoms with van der Waals surface area (Å²) in [6.07, 6.45) is 7.91. The first-order chi connectivity index (χ1) is 13.5. The molecule has 0 aromatic heterocycles. The van der Waals surface area contributed by atoms with Crippen molar-refractivity contribution in [2.75, 3.05) is 13.7 Å². The first-order valence-corrected chi connectivity index (χ1v) is 12.7. The predicted octanol–water partition coefficient (Wildman–Crippen LogP) is 9.77. The maximum atomic E-state index is 5.46. The zero-order chi connectivity index (χ0) is 24.3. The fourth-order valence-corrected chi connectivity index (χ4v) is 1.38. The van der Waals surface area contributed by atoms with Gasteiger partial charge >= 0.3 is 0 Å². The molecule has 0 rings (SSSR count). The number of hydrogen-bond donors (Lipinski definition) is 0. The molecule has 3 heteroatoms. The van der Waals surface area contributed by atoms with Crippen molar-refractivity contribution in [2.45, 2.75) is 146 Å². The third kappa shape index (κ3) is 65.4. The molecule has 1 atom stereocenters. The second kappa shape index (κ2) is 35.6. The van der Waals surface area contributed by atoms with Crippen molar-refractivity contribution in [2.24, 2.45) is 11.8 Å². The second-order valence-electron chi connectivity index (χ2n) is 8.29. The maximum Gasteiger partial charge on any atom is 0.0569 e. The lowest BCUT2D eigenvalue weighted by Gasteiger charge is -2.10. The zero-order valence-corrected chi connectivity index (χ0v) is 23.8. The highest BCUT2D eigenvalue weighted by Gasteiger charge is 1.98. The Bertz CT molecular complexity index is 206. The monoisotopic (exact) mass is 440 g/mol. The van der Waals surface area contributed by atoms with Crippen LogP contribution in [-0.4, -0.2) is 31.3 Å². The smallest absolute Gasteiger partial charge is 0.0569 e. The van der Waals surface area contributed by atoms with Crippen molar-refractivity contribution < 1.29 is 9.47 Å². The van der Waals surface area contributed by atoms with Crippen LogP contribution in [0.5, 0.6) is 0 Å². The molecule has 0 fully saturated rings. The molecule has 0 heterocycles. The van der Waals surface area contributed by atoms with Crippen molar-refractivity contribution >= 4 is 11.6 Å². The Hall–Kier alpha value is 0.210. The highest BCUT2D eigenvalue weighted by molar-refractivity contribution is 6.20. The van der Waals surface area contributed by atoms with E-state index in [4.69, 9.17) is 21.1 Å². The maximum absolute atomic E-state index is 5.46. The van der Waals surface area contributed by atoms with E-state index >= 15 is 0 Å². The topological polar surface area (TPSA) is 18.5 Å². The Kier molecular flexibility index (Phi) is 48.7. The molecular weight excluding hydrogens is 380 g/mol. The lowest BCUT2D eigenvalue weighted by molar-refractivity contribution is 0.0578. The molecule has 0 bridgehead atoms. The molecule has 29 heavy (non-hydrogen) atoms. The molecule has 184 valence electrons. The zero-order valence-electron chi connectivity index (χ0n) is 23.0. The molecule has 2 nitrogen and oxygen atoms in total. The molecule has 0 aromatic carbocycles. The molecule has 0 amide bonds. The van der Waals surface area contributed by atoms with Gasteiger partial charge in [-0.3, -0.25) is 0 Å². The molecule has 0 saturated carbocycles. The van der Waals surface area contributed by atoms with Gasteiger partial charge in [0, 0.05) is 19.1 Å². The summed E-state index contributed by atoms with van der Waals surface area (Å²) in [6, 6.07) is 0. The highest BCUT2D eigenvalue weighted by atomic mass is 35.5. The Labute approximate surface area is 192 Å². The van der Waals surface area contributed by atoms with E-state index < -0.39 is 0 Å². The van der Waals surface area contributed by atoms with Crippen LogP contribution in [0, 0.1) is 11.8 Å². The average Bonchev–Trinajstić information content (AvgIpc) is 2.68. The van der Waals surface area contributed by atoms with Crippen molar-refractivity contribution in [1.29, 1.82) is 0 Å². The summed E-state index contributed by atoms with van der Waals surface area (Å²) in [4.78, 5) is 0. The number of methoxy groups -OCH3 is 1. The van der Waals surface area contributed by atoms with E-state index in [1.54, 1.807) is 7.11 Å². The molecule has 1 unspecified atom stereocenters. The third-order valence-electron chi connectivity index (χ3n) is 3.94. The molecule has 0 N–H and O–H groups in total. The van der Waals surface area contributed by atoms with Crippen LogP contribution in [0.1, 0.15) is 129 Å². The summed E-state index contributed by atoms with van der Waals surface area (Å²) in [5, 5.41) is 0.356. The van der Waals surface area contributed by atoms with E-state index in [-0.39, 0.29) is 0 Å². The Balaban J connectivity index is -0.0000000848. The van der Waals surface area contributed by atoms with Crippen LogP contribution >= 0.6 is 11.6 Å². The molecular formula is C26H61ClO2. The summed E-state index contributed by atoms with van der Waals surface area (Å²) >= 11 is 5.46. The van der Waals surface area contributed by atoms with Gasteiger partial charge in [0.2, 0.25) is 0 Å². The Morgan fingerprint density at radius 3 is 0.897 bits per heavy atom. The van der Waals surface area contributed by atoms with Crippen LogP contribution in [0.3, 0.4) is 0 Å². The third-order valence-corrected chi connectivity index (χ3v) is 4.24. The average molecular weight is 441 g/mol. The Morgan fingerprint density at radius 1 is 0.586 bits per heavy atom. The minimum atomic E-state index is 0.356. The molecule has 0 aromatic rings. The number of rotatable bonds is 9. The van der Waals surface area contributed by atoms with E-state index in [1.807, 2.05) is 13.8 Å². The van der Waals surface area contributed by atoms with Crippen molar-refractivity contribution in [1.82, 2.24) is 0 Å². The molecule has 0 saturated heterocycles. The van der Waals surface area contributed by atoms with E-state index in [2.05, 4.69) is 76.2 Å². The van der Waals surface area contributed by atoms with Crippen LogP contribution in [-0.2, 0) is 9.47 Å². The van der Waals surface area contributed by atoms with Gasteiger partial charge in [0.25, 0.3) is 0 Å². The van der Waals surface area contributed by atoms with Crippen LogP contribution < -0.4 is 0 Å². The Morgan fingerprint density at radius 2 is 0.862 bits per heavy atom. The van der Waals surface area contributed by atoms with Crippen LogP contribution in [0.15, 0.2) is 0 Å². The minimum absolute atomic E-state index is 0.356. The first kappa shape index (κ1) is 39.7. The van der Waals surface area contributed by atoms with Crippen LogP contribution in [0.2, 0.25) is 0 Å². The number of ether oxygens (including phenoxy) is 2. The fraction of sp³-hybridized carbons (Fsp3) is 1.00. The van der Waals surface area contributed by atoms with Gasteiger partial charge in [-0.15, -0.1) is 11.6 Å². The SMILES string of the molecule is CC(C)C.CCC(C)C.CCC(C)Cl.CCC(CC)OC.CCOC(CC)CC. The summed E-state index contributed by atoms with van der Waals surface area (Å²) in [7, 11) is 1.76. The van der Waals surface area contributed by atoms with Gasteiger partial charge in [0.15, 0.2) is 0 Å². The highest BCUT2D eigenvalue weighted by Crippen LogP contribution is 2.01. The lowest BCUT2D eigenvalue weighted by Crippen LogP contribution is -2.08. The minimum Gasteiger partial charge on any atom is -0.381 e. The van der Waals surface area contributed by atoms with Crippen LogP contribution in [0.25, 0.3) is 0 Å². The fourth-order valence-electron chi connectivity index (χ4n) is 1.38. The van der Waals surface area contributed by atoms with Gasteiger partial charge in [-0.2, -0.15) is 0 Å². The second-order valence-corrected chi connectivity index (χ2v) is 9.04. The summed E-state index contributed by atoms with van der Waals surface area (Å²) in [5.41, 5.74) is 0. The molecule has 0 radical (unpaired) electrons. The molecule has 0 spiro atoms. The predicted molar refractivity (Wildman–Crippen MR) is 139 cm³/mol. The number of halogens is 1. The molecule has 0 aliphatic heterocycles. The standard InChI is InChI=1S/C7H16O.C6H14O.C5H12.C4H9Cl.C4H10/c1-4-7(5-2)8-6-3;1-4-6(5-2)7-3;1-4-5(2)3;1-3-4(2)5;1-4(2)3/h7H,4-6H2,1-3H3;6H,4-5H2,1-3H3;5H,4H2,1-3H3;4H,3H2,1-2H3;4H,1-3H3. The number of alkyl halides is 1. The quantitative estimate of drug-likeness (QED) is 0.332. The molecule has 0 aliphatic rings. The number of hydrogen-bond acceptors (Lipinski definition) is 2. The van der Waals surface area contributed by atoms with Gasteiger partial charge in [-0.05, 0) is 57.8 Å². The van der Waals surface area contributed by atoms with Gasteiger partial charge in [0.05, 0.1) is 12.2 Å². The van der Waals surface area contributed by atoms with Crippen LogP contribution in [0.4, 0.5) is 0 Å². The normalized spacial score (nSPS) is 10.9. The molecule has 0 aliphatic carbocycles. The van der Waals surface area contributed by atoms with Gasteiger partial charge in [-0.25, -0.2) is 0 Å². The van der Waals surface area contributed by atoms with E-state index in [0.29, 0.717) is 17.6 Å². The van der Waals surface area contributed by atoms with Crippen molar-refractivity contribution in [3.8, 4) is 0 Å². The van der Waals surface area contributed by atoms with E-state index in [9.17, 15) is 0 Å². The summed E-state index contributed by atoms with van der Waals surface area (Å²) < 4.78 is 10.4. The van der Waals surface area contributed by atoms with E-state index in [1.165, 1.54) is 6.42 Å².